The van der Waals surface area contributed by atoms with Crippen LogP contribution in [0.3, 0.4) is 0 Å². The molecule has 0 spiro atoms. The maximum absolute atomic E-state index is 10.9. The number of ether oxygens (including phenoxy) is 1. The Morgan fingerprint density at radius 1 is 1.64 bits per heavy atom. The summed E-state index contributed by atoms with van der Waals surface area (Å²) in [4.78, 5) is 10.9. The minimum Gasteiger partial charge on any atom is -0.389 e. The third-order valence-electron chi connectivity index (χ3n) is 1.97. The Morgan fingerprint density at radius 3 is 2.64 bits per heavy atom. The number of rotatable bonds is 7. The largest absolute Gasteiger partial charge is 0.389 e. The molecule has 0 aliphatic rings. The Labute approximate surface area is 84.6 Å². The fourth-order valence-corrected chi connectivity index (χ4v) is 0.890. The first kappa shape index (κ1) is 13.4. The van der Waals surface area contributed by atoms with Crippen molar-refractivity contribution < 1.29 is 14.6 Å². The van der Waals surface area contributed by atoms with E-state index in [9.17, 15) is 9.90 Å². The molecule has 0 saturated carbocycles. The first-order chi connectivity index (χ1) is 6.40. The van der Waals surface area contributed by atoms with E-state index in [0.717, 1.165) is 0 Å². The van der Waals surface area contributed by atoms with Crippen molar-refractivity contribution in [3.8, 4) is 0 Å². The average Bonchev–Trinajstić information content (AvgIpc) is 2.04. The van der Waals surface area contributed by atoms with E-state index < -0.39 is 11.5 Å². The molecule has 84 valence electrons. The number of nitrogens with two attached hydrogens (primary N) is 1. The zero-order chi connectivity index (χ0) is 11.2. The van der Waals surface area contributed by atoms with Gasteiger partial charge >= 0.3 is 0 Å². The number of amides is 1. The standard InChI is InChI=1S/C9H20N2O3/c1-9(2,8(10)13)6-11-4-7(12)5-14-3/h7,11-12H,4-6H2,1-3H3,(H2,10,13). The van der Waals surface area contributed by atoms with Gasteiger partial charge in [0.1, 0.15) is 0 Å². The quantitative estimate of drug-likeness (QED) is 0.501. The summed E-state index contributed by atoms with van der Waals surface area (Å²) in [5, 5.41) is 12.2. The molecule has 0 heterocycles. The molecule has 0 radical (unpaired) electrons. The summed E-state index contributed by atoms with van der Waals surface area (Å²) in [6.45, 7) is 4.63. The molecule has 1 unspecified atom stereocenters. The fourth-order valence-electron chi connectivity index (χ4n) is 0.890. The Hall–Kier alpha value is -0.650. The SMILES string of the molecule is COCC(O)CNCC(C)(C)C(N)=O. The van der Waals surface area contributed by atoms with Gasteiger partial charge in [0, 0.05) is 20.2 Å². The van der Waals surface area contributed by atoms with Gasteiger partial charge in [-0.05, 0) is 13.8 Å². The number of carbonyl (C=O) groups is 1. The van der Waals surface area contributed by atoms with Gasteiger partial charge in [-0.25, -0.2) is 0 Å². The number of aliphatic hydroxyl groups excluding tert-OH is 1. The highest BCUT2D eigenvalue weighted by molar-refractivity contribution is 5.80. The van der Waals surface area contributed by atoms with Gasteiger partial charge in [0.15, 0.2) is 0 Å². The summed E-state index contributed by atoms with van der Waals surface area (Å²) in [5.74, 6) is -0.355. The van der Waals surface area contributed by atoms with Crippen molar-refractivity contribution in [2.45, 2.75) is 20.0 Å². The second kappa shape index (κ2) is 5.95. The number of primary amides is 1. The van der Waals surface area contributed by atoms with Crippen molar-refractivity contribution in [1.82, 2.24) is 5.32 Å². The first-order valence-corrected chi connectivity index (χ1v) is 4.58. The second-order valence-electron chi connectivity index (χ2n) is 3.99. The lowest BCUT2D eigenvalue weighted by Crippen LogP contribution is -2.43. The zero-order valence-electron chi connectivity index (χ0n) is 9.04. The molecule has 1 atom stereocenters. The summed E-state index contributed by atoms with van der Waals surface area (Å²) in [6, 6.07) is 0. The highest BCUT2D eigenvalue weighted by Gasteiger charge is 2.24. The average molecular weight is 204 g/mol. The number of carbonyl (C=O) groups excluding carboxylic acids is 1. The lowest BCUT2D eigenvalue weighted by atomic mass is 9.93. The van der Waals surface area contributed by atoms with Crippen LogP contribution in [0.5, 0.6) is 0 Å². The monoisotopic (exact) mass is 204 g/mol. The van der Waals surface area contributed by atoms with Gasteiger partial charge in [-0.2, -0.15) is 0 Å². The Bertz CT molecular complexity index is 183. The molecule has 0 bridgehead atoms. The molecule has 5 heteroatoms. The lowest BCUT2D eigenvalue weighted by molar-refractivity contribution is -0.125. The summed E-state index contributed by atoms with van der Waals surface area (Å²) in [7, 11) is 1.52. The molecular formula is C9H20N2O3. The van der Waals surface area contributed by atoms with Crippen molar-refractivity contribution in [1.29, 1.82) is 0 Å². The van der Waals surface area contributed by atoms with Crippen molar-refractivity contribution in [2.75, 3.05) is 26.8 Å². The van der Waals surface area contributed by atoms with Crippen LogP contribution in [0.4, 0.5) is 0 Å². The molecule has 14 heavy (non-hydrogen) atoms. The zero-order valence-corrected chi connectivity index (χ0v) is 9.04. The molecule has 0 aliphatic heterocycles. The van der Waals surface area contributed by atoms with Crippen LogP contribution < -0.4 is 11.1 Å². The highest BCUT2D eigenvalue weighted by Crippen LogP contribution is 2.11. The molecule has 0 fully saturated rings. The molecule has 0 rings (SSSR count). The van der Waals surface area contributed by atoms with Crippen molar-refractivity contribution in [3.63, 3.8) is 0 Å². The van der Waals surface area contributed by atoms with Gasteiger partial charge in [0.2, 0.25) is 5.91 Å². The van der Waals surface area contributed by atoms with Gasteiger partial charge < -0.3 is 20.9 Å². The van der Waals surface area contributed by atoms with Gasteiger partial charge in [0.25, 0.3) is 0 Å². The van der Waals surface area contributed by atoms with E-state index in [1.165, 1.54) is 7.11 Å². The van der Waals surface area contributed by atoms with Gasteiger partial charge in [0.05, 0.1) is 18.1 Å². The number of hydrogen-bond acceptors (Lipinski definition) is 4. The predicted molar refractivity (Wildman–Crippen MR) is 53.7 cm³/mol. The summed E-state index contributed by atoms with van der Waals surface area (Å²) < 4.78 is 4.75. The van der Waals surface area contributed by atoms with Crippen LogP contribution in [0.1, 0.15) is 13.8 Å². The third kappa shape index (κ3) is 5.16. The topological polar surface area (TPSA) is 84.6 Å². The van der Waals surface area contributed by atoms with E-state index in [0.29, 0.717) is 13.1 Å². The van der Waals surface area contributed by atoms with Gasteiger partial charge in [-0.1, -0.05) is 0 Å². The molecule has 5 nitrogen and oxygen atoms in total. The Balaban J connectivity index is 3.68. The predicted octanol–water partition coefficient (Wildman–Crippen LogP) is -0.905. The Kier molecular flexibility index (Phi) is 5.68. The van der Waals surface area contributed by atoms with Crippen LogP contribution >= 0.6 is 0 Å². The molecule has 4 N–H and O–H groups in total. The van der Waals surface area contributed by atoms with Crippen LogP contribution in [0.2, 0.25) is 0 Å². The minimum absolute atomic E-state index is 0.282. The molecule has 0 aliphatic carbocycles. The van der Waals surface area contributed by atoms with E-state index in [-0.39, 0.29) is 12.5 Å². The van der Waals surface area contributed by atoms with Crippen LogP contribution in [0.15, 0.2) is 0 Å². The third-order valence-corrected chi connectivity index (χ3v) is 1.97. The van der Waals surface area contributed by atoms with Crippen molar-refractivity contribution in [3.05, 3.63) is 0 Å². The van der Waals surface area contributed by atoms with E-state index in [1.54, 1.807) is 13.8 Å². The van der Waals surface area contributed by atoms with Crippen LogP contribution in [-0.4, -0.2) is 43.9 Å². The highest BCUT2D eigenvalue weighted by atomic mass is 16.5. The molecule has 0 aromatic rings. The van der Waals surface area contributed by atoms with E-state index >= 15 is 0 Å². The number of nitrogens with one attached hydrogen (secondary N) is 1. The van der Waals surface area contributed by atoms with Crippen LogP contribution in [0.25, 0.3) is 0 Å². The Morgan fingerprint density at radius 2 is 2.21 bits per heavy atom. The minimum atomic E-state index is -0.590. The normalized spacial score (nSPS) is 14.0. The number of hydrogen-bond donors (Lipinski definition) is 3. The summed E-state index contributed by atoms with van der Waals surface area (Å²) in [5.41, 5.74) is 4.59. The molecule has 0 saturated heterocycles. The summed E-state index contributed by atoms with van der Waals surface area (Å²) >= 11 is 0. The fraction of sp³-hybridized carbons (Fsp3) is 0.889. The first-order valence-electron chi connectivity index (χ1n) is 4.58. The van der Waals surface area contributed by atoms with Gasteiger partial charge in [-0.15, -0.1) is 0 Å². The maximum atomic E-state index is 10.9. The van der Waals surface area contributed by atoms with E-state index in [4.69, 9.17) is 10.5 Å². The molecular weight excluding hydrogens is 184 g/mol. The molecule has 1 amide bonds. The lowest BCUT2D eigenvalue weighted by Gasteiger charge is -2.21. The maximum Gasteiger partial charge on any atom is 0.224 e. The smallest absolute Gasteiger partial charge is 0.224 e. The second-order valence-corrected chi connectivity index (χ2v) is 3.99. The number of aliphatic hydroxyl groups is 1. The summed E-state index contributed by atoms with van der Waals surface area (Å²) in [6.07, 6.45) is -0.552. The molecule has 0 aromatic heterocycles. The van der Waals surface area contributed by atoms with E-state index in [2.05, 4.69) is 5.32 Å². The van der Waals surface area contributed by atoms with E-state index in [1.807, 2.05) is 0 Å². The van der Waals surface area contributed by atoms with Crippen molar-refractivity contribution >= 4 is 5.91 Å². The number of methoxy groups -OCH3 is 1. The van der Waals surface area contributed by atoms with Crippen LogP contribution in [0, 0.1) is 5.41 Å². The van der Waals surface area contributed by atoms with Crippen LogP contribution in [-0.2, 0) is 9.53 Å². The van der Waals surface area contributed by atoms with Gasteiger partial charge in [-0.3, -0.25) is 4.79 Å². The van der Waals surface area contributed by atoms with Crippen molar-refractivity contribution in [2.24, 2.45) is 11.1 Å². The molecule has 0 aromatic carbocycles.